The Balaban J connectivity index is 1.18. The van der Waals surface area contributed by atoms with Crippen LogP contribution in [-0.2, 0) is 18.6 Å². The maximum absolute atomic E-state index is 12.8. The molecule has 0 aliphatic rings. The fourth-order valence-electron chi connectivity index (χ4n) is 4.28. The average Bonchev–Trinajstić information content (AvgIpc) is 3.56. The van der Waals surface area contributed by atoms with Crippen LogP contribution in [0.25, 0.3) is 0 Å². The first kappa shape index (κ1) is 28.0. The molecule has 3 aromatic carbocycles. The van der Waals surface area contributed by atoms with Gasteiger partial charge in [-0.1, -0.05) is 85.6 Å². The van der Waals surface area contributed by atoms with Crippen molar-refractivity contribution in [3.63, 3.8) is 0 Å². The van der Waals surface area contributed by atoms with Crippen LogP contribution in [0.2, 0.25) is 10.0 Å². The van der Waals surface area contributed by atoms with E-state index in [0.29, 0.717) is 38.4 Å². The monoisotopic (exact) mass is 637 g/mol. The molecule has 204 valence electrons. The van der Waals surface area contributed by atoms with Gasteiger partial charge >= 0.3 is 0 Å². The van der Waals surface area contributed by atoms with Gasteiger partial charge in [-0.3, -0.25) is 9.48 Å². The Morgan fingerprint density at radius 1 is 1.00 bits per heavy atom. The Bertz CT molecular complexity index is 1630. The zero-order valence-corrected chi connectivity index (χ0v) is 24.9. The molecule has 0 bridgehead atoms. The predicted octanol–water partition coefficient (Wildman–Crippen LogP) is 8.75. The molecule has 0 atom stereocenters. The van der Waals surface area contributed by atoms with E-state index in [1.165, 1.54) is 11.1 Å². The second kappa shape index (κ2) is 11.9. The number of carbonyl (C=O) groups excluding carboxylic acids is 1. The molecular formula is C31H26BrCl2N3O3. The minimum absolute atomic E-state index is 0.128. The van der Waals surface area contributed by atoms with Gasteiger partial charge in [-0.05, 0) is 69.0 Å². The minimum Gasteiger partial charge on any atom is -0.486 e. The number of amides is 1. The Kier molecular flexibility index (Phi) is 8.35. The maximum Gasteiger partial charge on any atom is 0.292 e. The number of furan rings is 1. The first-order valence-corrected chi connectivity index (χ1v) is 14.1. The molecular weight excluding hydrogens is 613 g/mol. The highest BCUT2D eigenvalue weighted by Gasteiger charge is 2.23. The van der Waals surface area contributed by atoms with Crippen LogP contribution in [-0.4, -0.2) is 15.7 Å². The van der Waals surface area contributed by atoms with E-state index < -0.39 is 5.91 Å². The van der Waals surface area contributed by atoms with Crippen molar-refractivity contribution in [3.8, 4) is 5.75 Å². The lowest BCUT2D eigenvalue weighted by Crippen LogP contribution is -2.18. The number of nitrogens with one attached hydrogen (secondary N) is 1. The van der Waals surface area contributed by atoms with Gasteiger partial charge in [0.05, 0.1) is 11.0 Å². The predicted molar refractivity (Wildman–Crippen MR) is 161 cm³/mol. The fourth-order valence-corrected chi connectivity index (χ4v) is 5.16. The van der Waals surface area contributed by atoms with Gasteiger partial charge in [0, 0.05) is 21.7 Å². The van der Waals surface area contributed by atoms with Crippen molar-refractivity contribution in [2.75, 3.05) is 5.32 Å². The summed E-state index contributed by atoms with van der Waals surface area (Å²) in [6.07, 6.45) is 1.76. The Morgan fingerprint density at radius 3 is 2.45 bits per heavy atom. The molecule has 0 unspecified atom stereocenters. The summed E-state index contributed by atoms with van der Waals surface area (Å²) in [5.41, 5.74) is 3.16. The van der Waals surface area contributed by atoms with Gasteiger partial charge in [-0.25, -0.2) is 0 Å². The summed E-state index contributed by atoms with van der Waals surface area (Å²) in [5, 5.41) is 8.32. The molecule has 5 rings (SSSR count). The number of hydrogen-bond donors (Lipinski definition) is 1. The standard InChI is InChI=1S/C31H26BrCl2N3O3/c1-31(2,21-6-4-3-5-7-21)22-9-12-24(13-10-22)39-19-25-14-15-28(40-25)30(38)35-29-26(32)18-37(36-29)17-20-8-11-23(33)16-27(20)34/h3-16,18H,17,19H2,1-2H3,(H,35,36,38). The second-order valence-electron chi connectivity index (χ2n) is 9.78. The summed E-state index contributed by atoms with van der Waals surface area (Å²) in [4.78, 5) is 12.8. The van der Waals surface area contributed by atoms with Gasteiger partial charge < -0.3 is 14.5 Å². The van der Waals surface area contributed by atoms with Gasteiger partial charge in [0.2, 0.25) is 0 Å². The van der Waals surface area contributed by atoms with Gasteiger partial charge in [-0.15, -0.1) is 0 Å². The van der Waals surface area contributed by atoms with E-state index in [0.717, 1.165) is 5.56 Å². The van der Waals surface area contributed by atoms with E-state index in [9.17, 15) is 4.79 Å². The third-order valence-electron chi connectivity index (χ3n) is 6.63. The molecule has 40 heavy (non-hydrogen) atoms. The van der Waals surface area contributed by atoms with Crippen LogP contribution in [0.4, 0.5) is 5.82 Å². The van der Waals surface area contributed by atoms with Crippen LogP contribution in [0.3, 0.4) is 0 Å². The molecule has 5 aromatic rings. The van der Waals surface area contributed by atoms with Gasteiger partial charge in [0.15, 0.2) is 11.6 Å². The number of ether oxygens (including phenoxy) is 1. The number of hydrogen-bond acceptors (Lipinski definition) is 4. The molecule has 0 fully saturated rings. The third kappa shape index (κ3) is 6.44. The molecule has 1 N–H and O–H groups in total. The number of halogens is 3. The minimum atomic E-state index is -0.422. The molecule has 9 heteroatoms. The fraction of sp³-hybridized carbons (Fsp3) is 0.161. The quantitative estimate of drug-likeness (QED) is 0.175. The van der Waals surface area contributed by atoms with Crippen LogP contribution in [0.15, 0.2) is 100 Å². The summed E-state index contributed by atoms with van der Waals surface area (Å²) < 4.78 is 13.9. The van der Waals surface area contributed by atoms with Crippen molar-refractivity contribution in [2.24, 2.45) is 0 Å². The summed E-state index contributed by atoms with van der Waals surface area (Å²) in [7, 11) is 0. The molecule has 0 saturated heterocycles. The van der Waals surface area contributed by atoms with E-state index in [1.807, 2.05) is 24.3 Å². The largest absolute Gasteiger partial charge is 0.486 e. The van der Waals surface area contributed by atoms with Crippen molar-refractivity contribution in [3.05, 3.63) is 134 Å². The highest BCUT2D eigenvalue weighted by Crippen LogP contribution is 2.32. The van der Waals surface area contributed by atoms with E-state index in [2.05, 4.69) is 76.6 Å². The lowest BCUT2D eigenvalue weighted by Gasteiger charge is -2.26. The third-order valence-corrected chi connectivity index (χ3v) is 7.80. The van der Waals surface area contributed by atoms with Crippen molar-refractivity contribution in [1.82, 2.24) is 9.78 Å². The maximum atomic E-state index is 12.8. The molecule has 6 nitrogen and oxygen atoms in total. The molecule has 0 saturated carbocycles. The Labute approximate surface area is 251 Å². The van der Waals surface area contributed by atoms with Crippen LogP contribution < -0.4 is 10.1 Å². The normalized spacial score (nSPS) is 11.4. The number of anilines is 1. The number of nitrogens with zero attached hydrogens (tertiary/aromatic N) is 2. The number of aromatic nitrogens is 2. The summed E-state index contributed by atoms with van der Waals surface area (Å²) in [6, 6.07) is 27.0. The molecule has 2 aromatic heterocycles. The SMILES string of the molecule is CC(C)(c1ccccc1)c1ccc(OCc2ccc(C(=O)Nc3nn(Cc4ccc(Cl)cc4Cl)cc3Br)o2)cc1. The van der Waals surface area contributed by atoms with Crippen molar-refractivity contribution in [2.45, 2.75) is 32.4 Å². The van der Waals surface area contributed by atoms with Gasteiger partial charge in [0.25, 0.3) is 5.91 Å². The zero-order valence-electron chi connectivity index (χ0n) is 21.8. The molecule has 0 radical (unpaired) electrons. The van der Waals surface area contributed by atoms with Crippen LogP contribution in [0.5, 0.6) is 5.75 Å². The lowest BCUT2D eigenvalue weighted by atomic mass is 9.78. The van der Waals surface area contributed by atoms with Crippen LogP contribution in [0.1, 0.15) is 46.9 Å². The smallest absolute Gasteiger partial charge is 0.292 e. The van der Waals surface area contributed by atoms with E-state index in [1.54, 1.807) is 35.1 Å². The van der Waals surface area contributed by atoms with Crippen molar-refractivity contribution < 1.29 is 13.9 Å². The first-order chi connectivity index (χ1) is 19.2. The van der Waals surface area contributed by atoms with Crippen LogP contribution >= 0.6 is 39.1 Å². The number of carbonyl (C=O) groups is 1. The van der Waals surface area contributed by atoms with Gasteiger partial charge in [-0.2, -0.15) is 5.10 Å². The summed E-state index contributed by atoms with van der Waals surface area (Å²) in [5.74, 6) is 1.34. The topological polar surface area (TPSA) is 69.3 Å². The summed E-state index contributed by atoms with van der Waals surface area (Å²) >= 11 is 15.7. The van der Waals surface area contributed by atoms with E-state index in [4.69, 9.17) is 32.4 Å². The van der Waals surface area contributed by atoms with Crippen molar-refractivity contribution >= 4 is 50.9 Å². The molecule has 0 aliphatic carbocycles. The first-order valence-electron chi connectivity index (χ1n) is 12.5. The molecule has 1 amide bonds. The number of benzene rings is 3. The zero-order chi connectivity index (χ0) is 28.3. The van der Waals surface area contributed by atoms with Crippen molar-refractivity contribution in [1.29, 1.82) is 0 Å². The summed E-state index contributed by atoms with van der Waals surface area (Å²) in [6.45, 7) is 5.00. The lowest BCUT2D eigenvalue weighted by molar-refractivity contribution is 0.0992. The molecule has 0 aliphatic heterocycles. The highest BCUT2D eigenvalue weighted by molar-refractivity contribution is 9.10. The van der Waals surface area contributed by atoms with E-state index >= 15 is 0 Å². The average molecular weight is 639 g/mol. The van der Waals surface area contributed by atoms with E-state index in [-0.39, 0.29) is 17.8 Å². The highest BCUT2D eigenvalue weighted by atomic mass is 79.9. The van der Waals surface area contributed by atoms with Crippen LogP contribution in [0, 0.1) is 0 Å². The number of rotatable bonds is 9. The Hall–Kier alpha value is -3.52. The molecule has 2 heterocycles. The second-order valence-corrected chi connectivity index (χ2v) is 11.5. The van der Waals surface area contributed by atoms with Gasteiger partial charge in [0.1, 0.15) is 18.1 Å². The Morgan fingerprint density at radius 2 is 1.73 bits per heavy atom. The molecule has 0 spiro atoms.